The maximum Gasteiger partial charge on any atom is 0.311 e. The normalized spacial score (nSPS) is 17.2. The quantitative estimate of drug-likeness (QED) is 0.749. The first-order valence-electron chi connectivity index (χ1n) is 5.80. The SMILES string of the molecule is COC(CNc1ccc2c(c1)C(C(=O)O)C2)OC. The van der Waals surface area contributed by atoms with Crippen LogP contribution in [-0.4, -0.2) is 38.1 Å². The van der Waals surface area contributed by atoms with Crippen molar-refractivity contribution in [2.75, 3.05) is 26.1 Å². The number of carboxylic acid groups (broad SMARTS) is 1. The van der Waals surface area contributed by atoms with Gasteiger partial charge < -0.3 is 19.9 Å². The van der Waals surface area contributed by atoms with E-state index in [1.807, 2.05) is 18.2 Å². The Labute approximate surface area is 106 Å². The van der Waals surface area contributed by atoms with Crippen molar-refractivity contribution >= 4 is 11.7 Å². The van der Waals surface area contributed by atoms with E-state index in [2.05, 4.69) is 5.32 Å². The maximum absolute atomic E-state index is 11.0. The van der Waals surface area contributed by atoms with Crippen LogP contribution in [0.15, 0.2) is 18.2 Å². The van der Waals surface area contributed by atoms with Crippen molar-refractivity contribution in [3.05, 3.63) is 29.3 Å². The second-order valence-electron chi connectivity index (χ2n) is 4.29. The van der Waals surface area contributed by atoms with Crippen LogP contribution in [-0.2, 0) is 20.7 Å². The molecule has 1 aromatic carbocycles. The highest BCUT2D eigenvalue weighted by Crippen LogP contribution is 2.36. The van der Waals surface area contributed by atoms with Gasteiger partial charge in [-0.2, -0.15) is 0 Å². The molecule has 0 saturated heterocycles. The number of carbonyl (C=O) groups is 1. The Morgan fingerprint density at radius 1 is 1.50 bits per heavy atom. The molecule has 98 valence electrons. The van der Waals surface area contributed by atoms with E-state index in [1.54, 1.807) is 14.2 Å². The average Bonchev–Trinajstić information content (AvgIpc) is 2.33. The number of hydrogen-bond donors (Lipinski definition) is 2. The number of carboxylic acids is 1. The van der Waals surface area contributed by atoms with Crippen LogP contribution >= 0.6 is 0 Å². The van der Waals surface area contributed by atoms with Gasteiger partial charge in [0.25, 0.3) is 0 Å². The lowest BCUT2D eigenvalue weighted by Crippen LogP contribution is -2.26. The fourth-order valence-corrected chi connectivity index (χ4v) is 2.10. The fourth-order valence-electron chi connectivity index (χ4n) is 2.10. The Hall–Kier alpha value is -1.59. The van der Waals surface area contributed by atoms with Crippen molar-refractivity contribution in [1.82, 2.24) is 0 Å². The number of methoxy groups -OCH3 is 2. The topological polar surface area (TPSA) is 67.8 Å². The molecule has 0 fully saturated rings. The molecule has 0 amide bonds. The third kappa shape index (κ3) is 2.47. The van der Waals surface area contributed by atoms with Crippen LogP contribution in [0.4, 0.5) is 5.69 Å². The summed E-state index contributed by atoms with van der Waals surface area (Å²) < 4.78 is 10.1. The molecule has 1 atom stereocenters. The molecule has 18 heavy (non-hydrogen) atoms. The van der Waals surface area contributed by atoms with Crippen LogP contribution in [0.3, 0.4) is 0 Å². The minimum absolute atomic E-state index is 0.314. The van der Waals surface area contributed by atoms with Crippen molar-refractivity contribution in [3.8, 4) is 0 Å². The molecule has 1 unspecified atom stereocenters. The Balaban J connectivity index is 2.01. The van der Waals surface area contributed by atoms with Crippen molar-refractivity contribution in [1.29, 1.82) is 0 Å². The second kappa shape index (κ2) is 5.37. The van der Waals surface area contributed by atoms with Gasteiger partial charge in [-0.15, -0.1) is 0 Å². The number of ether oxygens (including phenoxy) is 2. The van der Waals surface area contributed by atoms with E-state index in [0.717, 1.165) is 16.8 Å². The molecule has 0 aromatic heterocycles. The monoisotopic (exact) mass is 251 g/mol. The number of nitrogens with one attached hydrogen (secondary N) is 1. The molecule has 2 rings (SSSR count). The summed E-state index contributed by atoms with van der Waals surface area (Å²) >= 11 is 0. The molecule has 0 saturated carbocycles. The van der Waals surface area contributed by atoms with Crippen LogP contribution in [0.1, 0.15) is 17.0 Å². The van der Waals surface area contributed by atoms with Gasteiger partial charge >= 0.3 is 5.97 Å². The van der Waals surface area contributed by atoms with Gasteiger partial charge in [0.15, 0.2) is 6.29 Å². The van der Waals surface area contributed by atoms with Crippen LogP contribution in [0.2, 0.25) is 0 Å². The zero-order valence-electron chi connectivity index (χ0n) is 10.5. The number of hydrogen-bond acceptors (Lipinski definition) is 4. The molecule has 0 aliphatic heterocycles. The third-order valence-corrected chi connectivity index (χ3v) is 3.24. The van der Waals surface area contributed by atoms with E-state index in [-0.39, 0.29) is 12.2 Å². The lowest BCUT2D eigenvalue weighted by atomic mass is 9.77. The zero-order valence-corrected chi connectivity index (χ0v) is 10.5. The minimum atomic E-state index is -0.758. The molecule has 0 radical (unpaired) electrons. The van der Waals surface area contributed by atoms with Gasteiger partial charge in [-0.3, -0.25) is 4.79 Å². The van der Waals surface area contributed by atoms with E-state index in [1.165, 1.54) is 0 Å². The maximum atomic E-state index is 11.0. The van der Waals surface area contributed by atoms with Crippen molar-refractivity contribution in [2.45, 2.75) is 18.6 Å². The van der Waals surface area contributed by atoms with Crippen LogP contribution < -0.4 is 5.32 Å². The number of fused-ring (bicyclic) bond motifs is 1. The molecule has 1 aliphatic rings. The highest BCUT2D eigenvalue weighted by atomic mass is 16.7. The van der Waals surface area contributed by atoms with E-state index in [0.29, 0.717) is 13.0 Å². The molecule has 2 N–H and O–H groups in total. The van der Waals surface area contributed by atoms with Gasteiger partial charge in [-0.1, -0.05) is 6.07 Å². The smallest absolute Gasteiger partial charge is 0.311 e. The van der Waals surface area contributed by atoms with E-state index >= 15 is 0 Å². The second-order valence-corrected chi connectivity index (χ2v) is 4.29. The van der Waals surface area contributed by atoms with Gasteiger partial charge in [0.1, 0.15) is 0 Å². The largest absolute Gasteiger partial charge is 0.481 e. The van der Waals surface area contributed by atoms with E-state index in [4.69, 9.17) is 14.6 Å². The fraction of sp³-hybridized carbons (Fsp3) is 0.462. The number of aliphatic carboxylic acids is 1. The van der Waals surface area contributed by atoms with Gasteiger partial charge in [0.2, 0.25) is 0 Å². The number of rotatable bonds is 6. The first-order valence-corrected chi connectivity index (χ1v) is 5.80. The molecular formula is C13H17NO4. The van der Waals surface area contributed by atoms with Crippen LogP contribution in [0, 0.1) is 0 Å². The minimum Gasteiger partial charge on any atom is -0.481 e. The molecular weight excluding hydrogens is 234 g/mol. The number of benzene rings is 1. The predicted molar refractivity (Wildman–Crippen MR) is 66.8 cm³/mol. The summed E-state index contributed by atoms with van der Waals surface area (Å²) in [6.07, 6.45) is 0.315. The van der Waals surface area contributed by atoms with Crippen LogP contribution in [0.5, 0.6) is 0 Å². The van der Waals surface area contributed by atoms with Crippen molar-refractivity contribution < 1.29 is 19.4 Å². The van der Waals surface area contributed by atoms with Crippen molar-refractivity contribution in [3.63, 3.8) is 0 Å². The molecule has 1 aromatic rings. The summed E-state index contributed by atoms with van der Waals surface area (Å²) in [7, 11) is 3.15. The molecule has 5 heteroatoms. The zero-order chi connectivity index (χ0) is 13.1. The summed E-state index contributed by atoms with van der Waals surface area (Å²) in [5.41, 5.74) is 2.90. The number of anilines is 1. The van der Waals surface area contributed by atoms with E-state index in [9.17, 15) is 4.79 Å². The van der Waals surface area contributed by atoms with Gasteiger partial charge in [-0.05, 0) is 29.7 Å². The molecule has 5 nitrogen and oxygen atoms in total. The highest BCUT2D eigenvalue weighted by molar-refractivity contribution is 5.81. The summed E-state index contributed by atoms with van der Waals surface area (Å²) in [6.45, 7) is 0.517. The Morgan fingerprint density at radius 3 is 2.83 bits per heavy atom. The molecule has 0 heterocycles. The van der Waals surface area contributed by atoms with Crippen LogP contribution in [0.25, 0.3) is 0 Å². The van der Waals surface area contributed by atoms with Gasteiger partial charge in [0.05, 0.1) is 12.5 Å². The molecule has 1 aliphatic carbocycles. The molecule has 0 spiro atoms. The standard InChI is InChI=1S/C13H17NO4/c1-17-12(18-2)7-14-9-4-3-8-5-11(13(15)16)10(8)6-9/h3-4,6,11-12,14H,5,7H2,1-2H3,(H,15,16). The first kappa shape index (κ1) is 12.9. The summed E-state index contributed by atoms with van der Waals surface area (Å²) in [5.74, 6) is -1.12. The Kier molecular flexibility index (Phi) is 3.84. The van der Waals surface area contributed by atoms with E-state index < -0.39 is 5.97 Å². The van der Waals surface area contributed by atoms with Crippen molar-refractivity contribution in [2.24, 2.45) is 0 Å². The molecule has 0 bridgehead atoms. The predicted octanol–water partition coefficient (Wildman–Crippen LogP) is 1.44. The Morgan fingerprint density at radius 2 is 2.22 bits per heavy atom. The summed E-state index contributed by atoms with van der Waals surface area (Å²) in [6, 6.07) is 5.80. The highest BCUT2D eigenvalue weighted by Gasteiger charge is 2.32. The Bertz CT molecular complexity index is 443. The third-order valence-electron chi connectivity index (χ3n) is 3.24. The summed E-state index contributed by atoms with van der Waals surface area (Å²) in [4.78, 5) is 11.0. The average molecular weight is 251 g/mol. The van der Waals surface area contributed by atoms with Gasteiger partial charge in [-0.25, -0.2) is 0 Å². The first-order chi connectivity index (χ1) is 8.65. The lowest BCUT2D eigenvalue weighted by molar-refractivity contribution is -0.139. The van der Waals surface area contributed by atoms with Gasteiger partial charge in [0, 0.05) is 19.9 Å². The lowest BCUT2D eigenvalue weighted by Gasteiger charge is -2.27. The summed E-state index contributed by atoms with van der Waals surface area (Å²) in [5, 5.41) is 12.2.